The van der Waals surface area contributed by atoms with Crippen LogP contribution in [0.1, 0.15) is 59.3 Å². The van der Waals surface area contributed by atoms with Gasteiger partial charge in [0.1, 0.15) is 66.9 Å². The molecule has 0 saturated carbocycles. The number of aliphatic hydroxyl groups excluding tert-OH is 5. The molecule has 0 aliphatic carbocycles. The van der Waals surface area contributed by atoms with Crippen molar-refractivity contribution in [2.45, 2.75) is 151 Å². The Bertz CT molecular complexity index is 1560. The molecule has 2 aliphatic heterocycles. The number of hydrogen-bond donors (Lipinski definition) is 15. The van der Waals surface area contributed by atoms with Crippen LogP contribution in [-0.4, -0.2) is 189 Å². The summed E-state index contributed by atoms with van der Waals surface area (Å²) in [6.45, 7) is 2.11. The van der Waals surface area contributed by atoms with Crippen LogP contribution in [0.3, 0.4) is 0 Å². The Kier molecular flexibility index (Phi) is 21.9. The third-order valence-electron chi connectivity index (χ3n) is 9.88. The molecule has 0 aromatic carbocycles. The van der Waals surface area contributed by atoms with Gasteiger partial charge in [-0.15, -0.1) is 0 Å². The molecule has 0 bridgehead atoms. The molecule has 354 valence electrons. The largest absolute Gasteiger partial charge is 0.480 e. The van der Waals surface area contributed by atoms with Gasteiger partial charge < -0.3 is 99.1 Å². The highest BCUT2D eigenvalue weighted by molar-refractivity contribution is 5.92. The smallest absolute Gasteiger partial charge is 0.326 e. The predicted octanol–water partition coefficient (Wildman–Crippen LogP) is -8.56. The van der Waals surface area contributed by atoms with E-state index in [1.807, 2.05) is 0 Å². The Morgan fingerprint density at radius 3 is 1.98 bits per heavy atom. The molecule has 62 heavy (non-hydrogen) atoms. The van der Waals surface area contributed by atoms with E-state index in [1.54, 1.807) is 0 Å². The van der Waals surface area contributed by atoms with Gasteiger partial charge in [-0.3, -0.25) is 33.6 Å². The van der Waals surface area contributed by atoms with Crippen molar-refractivity contribution in [1.82, 2.24) is 26.6 Å². The number of rotatable bonds is 25. The number of carboxylic acid groups (broad SMARTS) is 1. The van der Waals surface area contributed by atoms with E-state index in [9.17, 15) is 69.0 Å². The Morgan fingerprint density at radius 1 is 0.774 bits per heavy atom. The maximum atomic E-state index is 13.3. The molecule has 2 heterocycles. The van der Waals surface area contributed by atoms with Gasteiger partial charge in [-0.2, -0.15) is 0 Å². The van der Waals surface area contributed by atoms with Crippen LogP contribution in [0.5, 0.6) is 0 Å². The van der Waals surface area contributed by atoms with Crippen molar-refractivity contribution in [3.8, 4) is 0 Å². The van der Waals surface area contributed by atoms with Crippen LogP contribution in [0.25, 0.3) is 0 Å². The maximum Gasteiger partial charge on any atom is 0.326 e. The van der Waals surface area contributed by atoms with Gasteiger partial charge in [0.15, 0.2) is 12.6 Å². The standard InChI is InChI=1S/C35H61N9O18/c1-13(31(54)44-17(30(39)53)7-8-21(48)43-18(33(56)57)6-4-5-9-40-22(49)10-16(36)29(38)52)41-32(55)14(2)59-28-23(37)34(58)60-20(12-46)27(28)62-35-24(42-15(3)47)26(51)25(50)19(11-45)61-35/h13-14,16-20,23-28,34-35,45-46,50-51,58H,4-12,36-37H2,1-3H3,(H2,38,52)(H2,39,53)(H,40,49)(H,41,55)(H,42,47)(H,43,48)(H,44,54)(H,56,57). The number of carboxylic acids is 1. The van der Waals surface area contributed by atoms with E-state index in [2.05, 4.69) is 26.6 Å². The number of hydrogen-bond acceptors (Lipinski definition) is 19. The van der Waals surface area contributed by atoms with Crippen molar-refractivity contribution in [3.05, 3.63) is 0 Å². The zero-order valence-electron chi connectivity index (χ0n) is 34.4. The van der Waals surface area contributed by atoms with Gasteiger partial charge >= 0.3 is 5.97 Å². The van der Waals surface area contributed by atoms with Crippen LogP contribution in [0.2, 0.25) is 0 Å². The van der Waals surface area contributed by atoms with E-state index in [0.29, 0.717) is 6.42 Å². The molecule has 2 saturated heterocycles. The molecule has 27 heteroatoms. The first-order valence-electron chi connectivity index (χ1n) is 19.7. The molecule has 7 amide bonds. The number of aliphatic hydroxyl groups is 5. The predicted molar refractivity (Wildman–Crippen MR) is 207 cm³/mol. The van der Waals surface area contributed by atoms with Crippen molar-refractivity contribution in [2.24, 2.45) is 22.9 Å². The molecule has 15 atom stereocenters. The van der Waals surface area contributed by atoms with Gasteiger partial charge in [-0.05, 0) is 39.5 Å². The summed E-state index contributed by atoms with van der Waals surface area (Å²) >= 11 is 0. The number of nitrogens with two attached hydrogens (primary N) is 4. The van der Waals surface area contributed by atoms with Gasteiger partial charge in [0.2, 0.25) is 41.4 Å². The molecule has 27 nitrogen and oxygen atoms in total. The monoisotopic (exact) mass is 895 g/mol. The van der Waals surface area contributed by atoms with Crippen molar-refractivity contribution < 1.29 is 87.9 Å². The van der Waals surface area contributed by atoms with Gasteiger partial charge in [0.05, 0.1) is 31.7 Å². The minimum Gasteiger partial charge on any atom is -0.480 e. The average molecular weight is 896 g/mol. The van der Waals surface area contributed by atoms with Crippen molar-refractivity contribution in [2.75, 3.05) is 19.8 Å². The van der Waals surface area contributed by atoms with Crippen LogP contribution >= 0.6 is 0 Å². The summed E-state index contributed by atoms with van der Waals surface area (Å²) in [6, 6.07) is -8.21. The number of ether oxygens (including phenoxy) is 4. The summed E-state index contributed by atoms with van der Waals surface area (Å²) in [5.74, 6) is -7.10. The summed E-state index contributed by atoms with van der Waals surface area (Å²) in [5, 5.41) is 72.8. The fourth-order valence-electron chi connectivity index (χ4n) is 6.31. The van der Waals surface area contributed by atoms with E-state index in [0.717, 1.165) is 6.92 Å². The van der Waals surface area contributed by atoms with Gasteiger partial charge in [0, 0.05) is 19.9 Å². The number of aliphatic carboxylic acids is 1. The van der Waals surface area contributed by atoms with Gasteiger partial charge in [-0.25, -0.2) is 4.79 Å². The van der Waals surface area contributed by atoms with Crippen LogP contribution in [-0.2, 0) is 57.3 Å². The maximum absolute atomic E-state index is 13.3. The fourth-order valence-corrected chi connectivity index (χ4v) is 6.31. The molecule has 0 spiro atoms. The molecular formula is C35H61N9O18. The second-order valence-corrected chi connectivity index (χ2v) is 14.9. The Balaban J connectivity index is 2.00. The number of nitrogens with one attached hydrogen (secondary N) is 5. The lowest BCUT2D eigenvalue weighted by Crippen LogP contribution is -2.69. The van der Waals surface area contributed by atoms with E-state index in [1.165, 1.54) is 13.8 Å². The second-order valence-electron chi connectivity index (χ2n) is 14.9. The average Bonchev–Trinajstić information content (AvgIpc) is 3.20. The molecule has 0 aromatic rings. The minimum atomic E-state index is -1.77. The zero-order chi connectivity index (χ0) is 47.0. The highest BCUT2D eigenvalue weighted by Gasteiger charge is 2.52. The van der Waals surface area contributed by atoms with E-state index < -0.39 is 159 Å². The van der Waals surface area contributed by atoms with Crippen LogP contribution < -0.4 is 49.5 Å². The molecular weight excluding hydrogens is 834 g/mol. The Morgan fingerprint density at radius 2 is 1.42 bits per heavy atom. The summed E-state index contributed by atoms with van der Waals surface area (Å²) in [4.78, 5) is 97.6. The van der Waals surface area contributed by atoms with Crippen molar-refractivity contribution >= 4 is 47.3 Å². The molecule has 0 aromatic heterocycles. The SMILES string of the molecule is CC(=O)NC1C(OC2C(CO)OC(O)C(N)C2OC(C)C(=O)NC(C)C(=O)NC(CCC(=O)NC(CCCCNC(=O)CC(N)C(N)=O)C(=O)O)C(N)=O)OC(CO)C(O)C1O. The van der Waals surface area contributed by atoms with Crippen molar-refractivity contribution in [1.29, 1.82) is 0 Å². The lowest BCUT2D eigenvalue weighted by Gasteiger charge is -2.48. The lowest BCUT2D eigenvalue weighted by atomic mass is 9.94. The molecule has 2 rings (SSSR count). The van der Waals surface area contributed by atoms with E-state index in [-0.39, 0.29) is 32.2 Å². The third-order valence-corrected chi connectivity index (χ3v) is 9.88. The first-order valence-corrected chi connectivity index (χ1v) is 19.7. The minimum absolute atomic E-state index is 0.0298. The highest BCUT2D eigenvalue weighted by atomic mass is 16.7. The second kappa shape index (κ2) is 25.4. The normalized spacial score (nSPS) is 28.5. The number of carbonyl (C=O) groups is 8. The lowest BCUT2D eigenvalue weighted by molar-refractivity contribution is -0.331. The highest BCUT2D eigenvalue weighted by Crippen LogP contribution is 2.30. The summed E-state index contributed by atoms with van der Waals surface area (Å²) < 4.78 is 22.8. The molecule has 19 N–H and O–H groups in total. The quantitative estimate of drug-likeness (QED) is 0.0378. The number of carbonyl (C=O) groups excluding carboxylic acids is 7. The molecule has 15 unspecified atom stereocenters. The molecule has 0 radical (unpaired) electrons. The van der Waals surface area contributed by atoms with Crippen molar-refractivity contribution in [3.63, 3.8) is 0 Å². The zero-order valence-corrected chi connectivity index (χ0v) is 34.4. The number of primary amides is 2. The van der Waals surface area contributed by atoms with E-state index >= 15 is 0 Å². The fraction of sp³-hybridized carbons (Fsp3) is 0.771. The first-order chi connectivity index (χ1) is 29.0. The van der Waals surface area contributed by atoms with Crippen LogP contribution in [0.15, 0.2) is 0 Å². The van der Waals surface area contributed by atoms with Gasteiger partial charge in [0.25, 0.3) is 0 Å². The van der Waals surface area contributed by atoms with Crippen LogP contribution in [0, 0.1) is 0 Å². The summed E-state index contributed by atoms with van der Waals surface area (Å²) in [7, 11) is 0. The number of unbranched alkanes of at least 4 members (excludes halogenated alkanes) is 1. The first kappa shape index (κ1) is 53.5. The number of amides is 7. The molecule has 2 fully saturated rings. The summed E-state index contributed by atoms with van der Waals surface area (Å²) in [5.41, 5.74) is 22.0. The van der Waals surface area contributed by atoms with E-state index in [4.69, 9.17) is 41.9 Å². The molecule has 2 aliphatic rings. The third kappa shape index (κ3) is 16.2. The topological polar surface area (TPSA) is 459 Å². The Hall–Kier alpha value is -4.68. The van der Waals surface area contributed by atoms with Gasteiger partial charge in [-0.1, -0.05) is 0 Å². The van der Waals surface area contributed by atoms with Crippen LogP contribution in [0.4, 0.5) is 0 Å². The summed E-state index contributed by atoms with van der Waals surface area (Å²) in [6.07, 6.45) is -14.7. The Labute approximate surface area is 355 Å².